The third-order valence-corrected chi connectivity index (χ3v) is 3.04. The van der Waals surface area contributed by atoms with Crippen LogP contribution in [-0.4, -0.2) is 22.4 Å². The number of hydrogen-bond donors (Lipinski definition) is 1. The standard InChI is InChI=1S/C14H11NO5/c16-13-10(14(17)18)2-1-5-15(13)7-9-3-4-11-12(6-9)20-8-19-11/h1-6H,7-8H2,(H,17,18). The maximum absolute atomic E-state index is 12.0. The molecule has 1 aliphatic rings. The third kappa shape index (κ3) is 2.11. The van der Waals surface area contributed by atoms with Crippen molar-refractivity contribution in [2.24, 2.45) is 0 Å². The van der Waals surface area contributed by atoms with Crippen molar-refractivity contribution in [1.29, 1.82) is 0 Å². The SMILES string of the molecule is O=C(O)c1cccn(Cc2ccc3c(c2)OCO3)c1=O. The number of rotatable bonds is 3. The number of carboxylic acid groups (broad SMARTS) is 1. The molecule has 0 atom stereocenters. The van der Waals surface area contributed by atoms with Gasteiger partial charge in [-0.3, -0.25) is 4.79 Å². The number of hydrogen-bond acceptors (Lipinski definition) is 4. The van der Waals surface area contributed by atoms with Crippen molar-refractivity contribution >= 4 is 5.97 Å². The van der Waals surface area contributed by atoms with Gasteiger partial charge in [-0.05, 0) is 29.8 Å². The van der Waals surface area contributed by atoms with Crippen LogP contribution in [0.25, 0.3) is 0 Å². The number of nitrogens with zero attached hydrogens (tertiary/aromatic N) is 1. The minimum absolute atomic E-state index is 0.188. The third-order valence-electron chi connectivity index (χ3n) is 3.04. The fourth-order valence-electron chi connectivity index (χ4n) is 2.06. The van der Waals surface area contributed by atoms with E-state index in [1.807, 2.05) is 6.07 Å². The topological polar surface area (TPSA) is 77.8 Å². The second-order valence-electron chi connectivity index (χ2n) is 4.35. The van der Waals surface area contributed by atoms with Gasteiger partial charge in [0.25, 0.3) is 5.56 Å². The second kappa shape index (κ2) is 4.73. The van der Waals surface area contributed by atoms with Crippen LogP contribution in [0.15, 0.2) is 41.3 Å². The minimum Gasteiger partial charge on any atom is -0.477 e. The molecule has 20 heavy (non-hydrogen) atoms. The first kappa shape index (κ1) is 12.3. The normalized spacial score (nSPS) is 12.4. The fourth-order valence-corrected chi connectivity index (χ4v) is 2.06. The Morgan fingerprint density at radius 1 is 1.25 bits per heavy atom. The predicted octanol–water partition coefficient (Wildman–Crippen LogP) is 1.32. The molecule has 0 saturated carbocycles. The van der Waals surface area contributed by atoms with Crippen LogP contribution in [0.4, 0.5) is 0 Å². The molecule has 0 unspecified atom stereocenters. The Hall–Kier alpha value is -2.76. The Kier molecular flexibility index (Phi) is 2.90. The summed E-state index contributed by atoms with van der Waals surface area (Å²) in [5, 5.41) is 8.93. The predicted molar refractivity (Wildman–Crippen MR) is 69.3 cm³/mol. The molecule has 0 spiro atoms. The molecule has 0 amide bonds. The zero-order chi connectivity index (χ0) is 14.1. The van der Waals surface area contributed by atoms with Gasteiger partial charge in [0.1, 0.15) is 5.56 Å². The van der Waals surface area contributed by atoms with Crippen molar-refractivity contribution in [3.05, 3.63) is 58.0 Å². The van der Waals surface area contributed by atoms with Gasteiger partial charge in [0.2, 0.25) is 6.79 Å². The van der Waals surface area contributed by atoms with E-state index in [2.05, 4.69) is 0 Å². The molecule has 1 N–H and O–H groups in total. The largest absolute Gasteiger partial charge is 0.477 e. The van der Waals surface area contributed by atoms with Gasteiger partial charge in [0.15, 0.2) is 11.5 Å². The summed E-state index contributed by atoms with van der Waals surface area (Å²) in [6.07, 6.45) is 1.55. The van der Waals surface area contributed by atoms with Gasteiger partial charge in [-0.25, -0.2) is 4.79 Å². The number of fused-ring (bicyclic) bond motifs is 1. The lowest BCUT2D eigenvalue weighted by Gasteiger charge is -2.07. The Morgan fingerprint density at radius 2 is 2.05 bits per heavy atom. The fraction of sp³-hybridized carbons (Fsp3) is 0.143. The molecule has 1 aromatic carbocycles. The summed E-state index contributed by atoms with van der Waals surface area (Å²) in [7, 11) is 0. The summed E-state index contributed by atoms with van der Waals surface area (Å²) in [5.41, 5.74) is 0.0600. The van der Waals surface area contributed by atoms with Gasteiger partial charge in [-0.2, -0.15) is 0 Å². The monoisotopic (exact) mass is 273 g/mol. The van der Waals surface area contributed by atoms with Gasteiger partial charge in [-0.1, -0.05) is 6.07 Å². The van der Waals surface area contributed by atoms with Gasteiger partial charge < -0.3 is 19.1 Å². The number of carbonyl (C=O) groups is 1. The quantitative estimate of drug-likeness (QED) is 0.912. The highest BCUT2D eigenvalue weighted by molar-refractivity contribution is 5.86. The van der Waals surface area contributed by atoms with Gasteiger partial charge in [-0.15, -0.1) is 0 Å². The highest BCUT2D eigenvalue weighted by Crippen LogP contribution is 2.32. The van der Waals surface area contributed by atoms with Crippen LogP contribution in [0.1, 0.15) is 15.9 Å². The molecule has 0 bridgehead atoms. The van der Waals surface area contributed by atoms with Crippen molar-refractivity contribution in [3.63, 3.8) is 0 Å². The molecule has 1 aliphatic heterocycles. The lowest BCUT2D eigenvalue weighted by Crippen LogP contribution is -2.25. The molecule has 3 rings (SSSR count). The van der Waals surface area contributed by atoms with E-state index in [0.29, 0.717) is 11.5 Å². The van der Waals surface area contributed by atoms with Crippen molar-refractivity contribution < 1.29 is 19.4 Å². The summed E-state index contributed by atoms with van der Waals surface area (Å²) >= 11 is 0. The smallest absolute Gasteiger partial charge is 0.341 e. The molecule has 0 saturated heterocycles. The van der Waals surface area contributed by atoms with Crippen molar-refractivity contribution in [3.8, 4) is 11.5 Å². The average molecular weight is 273 g/mol. The number of benzene rings is 1. The Morgan fingerprint density at radius 3 is 2.85 bits per heavy atom. The first-order valence-electron chi connectivity index (χ1n) is 5.96. The van der Waals surface area contributed by atoms with Gasteiger partial charge in [0, 0.05) is 6.20 Å². The van der Waals surface area contributed by atoms with Crippen molar-refractivity contribution in [1.82, 2.24) is 4.57 Å². The van der Waals surface area contributed by atoms with Crippen LogP contribution < -0.4 is 15.0 Å². The first-order chi connectivity index (χ1) is 9.65. The van der Waals surface area contributed by atoms with E-state index in [1.54, 1.807) is 18.3 Å². The van der Waals surface area contributed by atoms with Crippen molar-refractivity contribution in [2.45, 2.75) is 6.54 Å². The van der Waals surface area contributed by atoms with Crippen molar-refractivity contribution in [2.75, 3.05) is 6.79 Å². The van der Waals surface area contributed by atoms with Crippen LogP contribution in [0.3, 0.4) is 0 Å². The molecule has 6 nitrogen and oxygen atoms in total. The van der Waals surface area contributed by atoms with Crippen LogP contribution >= 0.6 is 0 Å². The molecule has 102 valence electrons. The molecule has 6 heteroatoms. The number of ether oxygens (including phenoxy) is 2. The number of pyridine rings is 1. The Balaban J connectivity index is 1.94. The molecule has 0 fully saturated rings. The van der Waals surface area contributed by atoms with E-state index in [1.165, 1.54) is 16.7 Å². The van der Waals surface area contributed by atoms with Gasteiger partial charge in [0.05, 0.1) is 6.54 Å². The maximum atomic E-state index is 12.0. The number of aromatic nitrogens is 1. The molecule has 2 heterocycles. The zero-order valence-electron chi connectivity index (χ0n) is 10.4. The average Bonchev–Trinajstić information content (AvgIpc) is 2.88. The van der Waals surface area contributed by atoms with E-state index in [0.717, 1.165) is 5.56 Å². The number of carboxylic acids is 1. The Bertz CT molecular complexity index is 735. The minimum atomic E-state index is -1.23. The van der Waals surface area contributed by atoms with Crippen LogP contribution in [0.5, 0.6) is 11.5 Å². The maximum Gasteiger partial charge on any atom is 0.341 e. The van der Waals surface area contributed by atoms with Crippen LogP contribution in [0, 0.1) is 0 Å². The zero-order valence-corrected chi connectivity index (χ0v) is 10.4. The molecular formula is C14H11NO5. The van der Waals surface area contributed by atoms with Crippen LogP contribution in [-0.2, 0) is 6.54 Å². The van der Waals surface area contributed by atoms with Gasteiger partial charge >= 0.3 is 5.97 Å². The lowest BCUT2D eigenvalue weighted by atomic mass is 10.2. The number of aromatic carboxylic acids is 1. The van der Waals surface area contributed by atoms with Crippen LogP contribution in [0.2, 0.25) is 0 Å². The molecule has 0 radical (unpaired) electrons. The van der Waals surface area contributed by atoms with E-state index >= 15 is 0 Å². The molecule has 2 aromatic rings. The van der Waals surface area contributed by atoms with E-state index in [4.69, 9.17) is 14.6 Å². The summed E-state index contributed by atoms with van der Waals surface area (Å²) in [5.74, 6) is 0.0698. The molecule has 1 aromatic heterocycles. The highest BCUT2D eigenvalue weighted by Gasteiger charge is 2.14. The second-order valence-corrected chi connectivity index (χ2v) is 4.35. The van der Waals surface area contributed by atoms with E-state index < -0.39 is 11.5 Å². The summed E-state index contributed by atoms with van der Waals surface area (Å²) in [4.78, 5) is 22.9. The summed E-state index contributed by atoms with van der Waals surface area (Å²) < 4.78 is 11.8. The summed E-state index contributed by atoms with van der Waals surface area (Å²) in [6.45, 7) is 0.462. The van der Waals surface area contributed by atoms with E-state index in [-0.39, 0.29) is 18.9 Å². The van der Waals surface area contributed by atoms with E-state index in [9.17, 15) is 9.59 Å². The molecular weight excluding hydrogens is 262 g/mol. The first-order valence-corrected chi connectivity index (χ1v) is 5.96. The summed E-state index contributed by atoms with van der Waals surface area (Å²) in [6, 6.07) is 8.19. The Labute approximate surface area is 113 Å². The lowest BCUT2D eigenvalue weighted by molar-refractivity contribution is 0.0694. The highest BCUT2D eigenvalue weighted by atomic mass is 16.7. The molecule has 0 aliphatic carbocycles.